The van der Waals surface area contributed by atoms with Gasteiger partial charge in [-0.15, -0.1) is 0 Å². The van der Waals surface area contributed by atoms with Crippen LogP contribution in [-0.2, 0) is 6.54 Å². The van der Waals surface area contributed by atoms with Crippen molar-refractivity contribution in [2.45, 2.75) is 13.5 Å². The van der Waals surface area contributed by atoms with Gasteiger partial charge in [-0.25, -0.2) is 4.79 Å². The van der Waals surface area contributed by atoms with E-state index in [1.54, 1.807) is 16.7 Å². The average Bonchev–Trinajstić information content (AvgIpc) is 2.65. The van der Waals surface area contributed by atoms with Crippen molar-refractivity contribution in [3.05, 3.63) is 64.1 Å². The molecule has 0 unspecified atom stereocenters. The third kappa shape index (κ3) is 2.12. The third-order valence-electron chi connectivity index (χ3n) is 3.12. The lowest BCUT2D eigenvalue weighted by molar-refractivity contribution is 0.518. The Balaban J connectivity index is 2.10. The normalized spacial score (nSPS) is 11.0. The molecule has 1 heterocycles. The number of fused-ring (bicyclic) bond motifs is 1. The zero-order valence-electron chi connectivity index (χ0n) is 10.6. The number of oxazole rings is 1. The molecule has 0 radical (unpaired) electrons. The SMILES string of the molecule is Cc1cccc(Cn2c(=O)oc3cc(N)ccc32)c1. The highest BCUT2D eigenvalue weighted by molar-refractivity contribution is 5.76. The first-order valence-electron chi connectivity index (χ1n) is 6.08. The maximum absolute atomic E-state index is 11.9. The zero-order chi connectivity index (χ0) is 13.4. The van der Waals surface area contributed by atoms with Crippen molar-refractivity contribution in [2.24, 2.45) is 0 Å². The predicted molar refractivity (Wildman–Crippen MR) is 75.2 cm³/mol. The van der Waals surface area contributed by atoms with E-state index in [-0.39, 0.29) is 5.76 Å². The van der Waals surface area contributed by atoms with Gasteiger partial charge < -0.3 is 10.2 Å². The van der Waals surface area contributed by atoms with Crippen LogP contribution in [-0.4, -0.2) is 4.57 Å². The van der Waals surface area contributed by atoms with E-state index >= 15 is 0 Å². The van der Waals surface area contributed by atoms with Gasteiger partial charge in [0.05, 0.1) is 12.1 Å². The minimum absolute atomic E-state index is 0.359. The second-order valence-electron chi connectivity index (χ2n) is 4.67. The summed E-state index contributed by atoms with van der Waals surface area (Å²) in [4.78, 5) is 11.9. The van der Waals surface area contributed by atoms with Crippen molar-refractivity contribution >= 4 is 16.8 Å². The fourth-order valence-corrected chi connectivity index (χ4v) is 2.23. The van der Waals surface area contributed by atoms with E-state index in [2.05, 4.69) is 6.07 Å². The van der Waals surface area contributed by atoms with Crippen LogP contribution in [0.4, 0.5) is 5.69 Å². The first-order valence-corrected chi connectivity index (χ1v) is 6.08. The molecule has 0 saturated heterocycles. The van der Waals surface area contributed by atoms with Gasteiger partial charge in [0.2, 0.25) is 0 Å². The van der Waals surface area contributed by atoms with Gasteiger partial charge in [-0.2, -0.15) is 0 Å². The van der Waals surface area contributed by atoms with Crippen LogP contribution in [0.3, 0.4) is 0 Å². The minimum Gasteiger partial charge on any atom is -0.408 e. The summed E-state index contributed by atoms with van der Waals surface area (Å²) in [5.74, 6) is -0.359. The summed E-state index contributed by atoms with van der Waals surface area (Å²) in [6, 6.07) is 13.3. The summed E-state index contributed by atoms with van der Waals surface area (Å²) in [5, 5.41) is 0. The number of nitrogen functional groups attached to an aromatic ring is 1. The van der Waals surface area contributed by atoms with Gasteiger partial charge in [-0.1, -0.05) is 29.8 Å². The van der Waals surface area contributed by atoms with E-state index in [9.17, 15) is 4.79 Å². The fourth-order valence-electron chi connectivity index (χ4n) is 2.23. The molecule has 0 bridgehead atoms. The van der Waals surface area contributed by atoms with Crippen LogP contribution in [0.5, 0.6) is 0 Å². The Hall–Kier alpha value is -2.49. The average molecular weight is 254 g/mol. The van der Waals surface area contributed by atoms with Gasteiger partial charge in [0, 0.05) is 11.8 Å². The van der Waals surface area contributed by atoms with Gasteiger partial charge >= 0.3 is 5.76 Å². The van der Waals surface area contributed by atoms with Crippen molar-refractivity contribution in [3.8, 4) is 0 Å². The molecule has 0 amide bonds. The molecule has 0 aliphatic heterocycles. The maximum Gasteiger partial charge on any atom is 0.420 e. The number of hydrogen-bond donors (Lipinski definition) is 1. The highest BCUT2D eigenvalue weighted by Gasteiger charge is 2.09. The monoisotopic (exact) mass is 254 g/mol. The van der Waals surface area contributed by atoms with Gasteiger partial charge in [-0.3, -0.25) is 4.57 Å². The molecule has 0 atom stereocenters. The van der Waals surface area contributed by atoms with E-state index in [4.69, 9.17) is 10.2 Å². The first kappa shape index (κ1) is 11.6. The van der Waals surface area contributed by atoms with Gasteiger partial charge in [0.25, 0.3) is 0 Å². The minimum atomic E-state index is -0.359. The standard InChI is InChI=1S/C15H14N2O2/c1-10-3-2-4-11(7-10)9-17-13-6-5-12(16)8-14(13)19-15(17)18/h2-8H,9,16H2,1H3. The number of aromatic nitrogens is 1. The fraction of sp³-hybridized carbons (Fsp3) is 0.133. The zero-order valence-corrected chi connectivity index (χ0v) is 10.6. The van der Waals surface area contributed by atoms with Gasteiger partial charge in [0.1, 0.15) is 0 Å². The summed E-state index contributed by atoms with van der Waals surface area (Å²) in [7, 11) is 0. The van der Waals surface area contributed by atoms with Crippen LogP contribution < -0.4 is 11.5 Å². The molecule has 3 rings (SSSR count). The molecule has 1 aromatic heterocycles. The Labute approximate surface area is 110 Å². The first-order chi connectivity index (χ1) is 9.13. The van der Waals surface area contributed by atoms with E-state index in [1.807, 2.05) is 31.2 Å². The maximum atomic E-state index is 11.9. The molecule has 19 heavy (non-hydrogen) atoms. The third-order valence-corrected chi connectivity index (χ3v) is 3.12. The summed E-state index contributed by atoms with van der Waals surface area (Å²) in [6.07, 6.45) is 0. The van der Waals surface area contributed by atoms with Crippen LogP contribution in [0.25, 0.3) is 11.1 Å². The van der Waals surface area contributed by atoms with Crippen molar-refractivity contribution < 1.29 is 4.42 Å². The topological polar surface area (TPSA) is 61.2 Å². The molecule has 0 aliphatic carbocycles. The van der Waals surface area contributed by atoms with E-state index in [0.717, 1.165) is 11.1 Å². The summed E-state index contributed by atoms with van der Waals surface area (Å²) in [6.45, 7) is 2.53. The Morgan fingerprint density at radius 3 is 2.84 bits per heavy atom. The van der Waals surface area contributed by atoms with E-state index in [1.165, 1.54) is 5.56 Å². The molecular formula is C15H14N2O2. The van der Waals surface area contributed by atoms with Gasteiger partial charge in [0.15, 0.2) is 5.58 Å². The molecule has 3 aromatic rings. The largest absolute Gasteiger partial charge is 0.420 e. The van der Waals surface area contributed by atoms with Crippen molar-refractivity contribution in [1.82, 2.24) is 4.57 Å². The van der Waals surface area contributed by atoms with Crippen molar-refractivity contribution in [1.29, 1.82) is 0 Å². The summed E-state index contributed by atoms with van der Waals surface area (Å²) < 4.78 is 6.82. The van der Waals surface area contributed by atoms with E-state index < -0.39 is 0 Å². The Morgan fingerprint density at radius 1 is 1.21 bits per heavy atom. The second-order valence-corrected chi connectivity index (χ2v) is 4.67. The second kappa shape index (κ2) is 4.31. The number of rotatable bonds is 2. The molecular weight excluding hydrogens is 240 g/mol. The molecule has 0 aliphatic rings. The lowest BCUT2D eigenvalue weighted by atomic mass is 10.1. The van der Waals surface area contributed by atoms with Crippen LogP contribution >= 0.6 is 0 Å². The van der Waals surface area contributed by atoms with Gasteiger partial charge in [-0.05, 0) is 24.6 Å². The molecule has 96 valence electrons. The molecule has 0 fully saturated rings. The summed E-state index contributed by atoms with van der Waals surface area (Å²) >= 11 is 0. The van der Waals surface area contributed by atoms with Crippen LogP contribution in [0.1, 0.15) is 11.1 Å². The van der Waals surface area contributed by atoms with Crippen molar-refractivity contribution in [2.75, 3.05) is 5.73 Å². The number of hydrogen-bond acceptors (Lipinski definition) is 3. The molecule has 2 aromatic carbocycles. The predicted octanol–water partition coefficient (Wildman–Crippen LogP) is 2.53. The Bertz CT molecular complexity index is 799. The Morgan fingerprint density at radius 2 is 2.05 bits per heavy atom. The summed E-state index contributed by atoms with van der Waals surface area (Å²) in [5.41, 5.74) is 9.80. The quantitative estimate of drug-likeness (QED) is 0.715. The highest BCUT2D eigenvalue weighted by Crippen LogP contribution is 2.17. The molecule has 4 heteroatoms. The lowest BCUT2D eigenvalue weighted by Gasteiger charge is -2.03. The number of nitrogens with two attached hydrogens (primary N) is 1. The smallest absolute Gasteiger partial charge is 0.408 e. The van der Waals surface area contributed by atoms with Crippen LogP contribution in [0, 0.1) is 6.92 Å². The highest BCUT2D eigenvalue weighted by atomic mass is 16.4. The Kier molecular flexibility index (Phi) is 2.63. The number of anilines is 1. The van der Waals surface area contributed by atoms with Crippen LogP contribution in [0.2, 0.25) is 0 Å². The van der Waals surface area contributed by atoms with Crippen molar-refractivity contribution in [3.63, 3.8) is 0 Å². The number of benzene rings is 2. The number of aryl methyl sites for hydroxylation is 1. The molecule has 0 saturated carbocycles. The molecule has 0 spiro atoms. The molecule has 2 N–H and O–H groups in total. The lowest BCUT2D eigenvalue weighted by Crippen LogP contribution is -2.14. The molecule has 4 nitrogen and oxygen atoms in total. The van der Waals surface area contributed by atoms with E-state index in [0.29, 0.717) is 17.8 Å². The number of nitrogens with zero attached hydrogens (tertiary/aromatic N) is 1. The van der Waals surface area contributed by atoms with Crippen LogP contribution in [0.15, 0.2) is 51.7 Å².